The van der Waals surface area contributed by atoms with Crippen molar-refractivity contribution in [1.29, 1.82) is 0 Å². The third kappa shape index (κ3) is 2.27. The zero-order valence-corrected chi connectivity index (χ0v) is 10.7. The number of nitrogens with zero attached hydrogens (tertiary/aromatic N) is 2. The predicted octanol–water partition coefficient (Wildman–Crippen LogP) is 2.72. The van der Waals surface area contributed by atoms with Gasteiger partial charge in [0.1, 0.15) is 0 Å². The van der Waals surface area contributed by atoms with Crippen LogP contribution in [0.4, 0.5) is 0 Å². The van der Waals surface area contributed by atoms with E-state index in [2.05, 4.69) is 42.1 Å². The first-order valence-corrected chi connectivity index (χ1v) is 5.77. The van der Waals surface area contributed by atoms with Gasteiger partial charge in [-0.05, 0) is 34.1 Å². The average Bonchev–Trinajstić information content (AvgIpc) is 2.70. The summed E-state index contributed by atoms with van der Waals surface area (Å²) in [5.74, 6) is 0.889. The molecule has 6 heteroatoms. The SMILES string of the molecule is NCc1nnc(-c2cc(Br)ccc2Br)o1. The van der Waals surface area contributed by atoms with Crippen molar-refractivity contribution < 1.29 is 4.42 Å². The molecule has 1 aromatic heterocycles. The zero-order valence-electron chi connectivity index (χ0n) is 7.58. The molecule has 0 saturated heterocycles. The molecule has 2 aromatic rings. The minimum atomic E-state index is 0.249. The standard InChI is InChI=1S/C9H7Br2N3O/c10-5-1-2-7(11)6(3-5)9-14-13-8(4-12)15-9/h1-3H,4,12H2. The second-order valence-electron chi connectivity index (χ2n) is 2.83. The number of benzene rings is 1. The number of hydrogen-bond donors (Lipinski definition) is 1. The van der Waals surface area contributed by atoms with Crippen molar-refractivity contribution in [3.05, 3.63) is 33.0 Å². The number of aromatic nitrogens is 2. The molecule has 78 valence electrons. The molecule has 15 heavy (non-hydrogen) atoms. The van der Waals surface area contributed by atoms with E-state index in [1.807, 2.05) is 18.2 Å². The predicted molar refractivity (Wildman–Crippen MR) is 63.0 cm³/mol. The van der Waals surface area contributed by atoms with E-state index in [0.717, 1.165) is 14.5 Å². The first-order valence-electron chi connectivity index (χ1n) is 4.18. The number of halogens is 2. The summed E-state index contributed by atoms with van der Waals surface area (Å²) in [4.78, 5) is 0. The molecule has 2 N–H and O–H groups in total. The molecule has 0 spiro atoms. The van der Waals surface area contributed by atoms with Crippen LogP contribution in [-0.2, 0) is 6.54 Å². The maximum atomic E-state index is 5.39. The smallest absolute Gasteiger partial charge is 0.248 e. The Morgan fingerprint density at radius 3 is 2.73 bits per heavy atom. The van der Waals surface area contributed by atoms with Crippen molar-refractivity contribution in [2.45, 2.75) is 6.54 Å². The second kappa shape index (κ2) is 4.42. The zero-order chi connectivity index (χ0) is 10.8. The fraction of sp³-hybridized carbons (Fsp3) is 0.111. The van der Waals surface area contributed by atoms with Crippen molar-refractivity contribution in [2.24, 2.45) is 5.73 Å². The highest BCUT2D eigenvalue weighted by molar-refractivity contribution is 9.11. The van der Waals surface area contributed by atoms with Gasteiger partial charge >= 0.3 is 0 Å². The summed E-state index contributed by atoms with van der Waals surface area (Å²) in [6.07, 6.45) is 0. The molecule has 0 fully saturated rings. The van der Waals surface area contributed by atoms with Crippen LogP contribution in [0.25, 0.3) is 11.5 Å². The van der Waals surface area contributed by atoms with Crippen LogP contribution in [0.5, 0.6) is 0 Å². The van der Waals surface area contributed by atoms with E-state index < -0.39 is 0 Å². The lowest BCUT2D eigenvalue weighted by atomic mass is 10.2. The molecule has 0 aliphatic heterocycles. The summed E-state index contributed by atoms with van der Waals surface area (Å²) in [6.45, 7) is 0.249. The molecule has 1 heterocycles. The molecule has 1 aromatic carbocycles. The third-order valence-corrected chi connectivity index (χ3v) is 2.99. The Bertz CT molecular complexity index is 484. The summed E-state index contributed by atoms with van der Waals surface area (Å²) < 4.78 is 7.21. The van der Waals surface area contributed by atoms with Crippen LogP contribution in [0.15, 0.2) is 31.6 Å². The van der Waals surface area contributed by atoms with Crippen LogP contribution in [0.2, 0.25) is 0 Å². The molecule has 0 amide bonds. The van der Waals surface area contributed by atoms with Crippen LogP contribution in [0.1, 0.15) is 5.89 Å². The summed E-state index contributed by atoms with van der Waals surface area (Å²) in [6, 6.07) is 5.73. The summed E-state index contributed by atoms with van der Waals surface area (Å²) in [5, 5.41) is 7.72. The highest BCUT2D eigenvalue weighted by Crippen LogP contribution is 2.29. The van der Waals surface area contributed by atoms with Gasteiger partial charge in [0.05, 0.1) is 12.1 Å². The van der Waals surface area contributed by atoms with Gasteiger partial charge in [-0.25, -0.2) is 0 Å². The molecule has 0 radical (unpaired) electrons. The Labute approximate surface area is 103 Å². The Balaban J connectivity index is 2.48. The van der Waals surface area contributed by atoms with Gasteiger partial charge in [-0.1, -0.05) is 15.9 Å². The van der Waals surface area contributed by atoms with Crippen molar-refractivity contribution in [2.75, 3.05) is 0 Å². The van der Waals surface area contributed by atoms with Crippen molar-refractivity contribution in [3.63, 3.8) is 0 Å². The van der Waals surface area contributed by atoms with Gasteiger partial charge in [-0.2, -0.15) is 0 Å². The Kier molecular flexibility index (Phi) is 3.18. The summed E-state index contributed by atoms with van der Waals surface area (Å²) >= 11 is 6.80. The first-order chi connectivity index (χ1) is 7.20. The van der Waals surface area contributed by atoms with Crippen LogP contribution in [-0.4, -0.2) is 10.2 Å². The maximum Gasteiger partial charge on any atom is 0.248 e. The van der Waals surface area contributed by atoms with Crippen molar-refractivity contribution >= 4 is 31.9 Å². The van der Waals surface area contributed by atoms with E-state index in [1.54, 1.807) is 0 Å². The van der Waals surface area contributed by atoms with E-state index in [1.165, 1.54) is 0 Å². The lowest BCUT2D eigenvalue weighted by Crippen LogP contribution is -1.95. The molecule has 4 nitrogen and oxygen atoms in total. The molecule has 0 unspecified atom stereocenters. The van der Waals surface area contributed by atoms with E-state index >= 15 is 0 Å². The van der Waals surface area contributed by atoms with Crippen LogP contribution in [0.3, 0.4) is 0 Å². The van der Waals surface area contributed by atoms with Crippen molar-refractivity contribution in [1.82, 2.24) is 10.2 Å². The molecular formula is C9H7Br2N3O. The Morgan fingerprint density at radius 2 is 2.07 bits per heavy atom. The molecule has 0 bridgehead atoms. The van der Waals surface area contributed by atoms with Crippen LogP contribution >= 0.6 is 31.9 Å². The van der Waals surface area contributed by atoms with Gasteiger partial charge in [-0.3, -0.25) is 0 Å². The number of hydrogen-bond acceptors (Lipinski definition) is 4. The van der Waals surface area contributed by atoms with E-state index in [-0.39, 0.29) is 6.54 Å². The third-order valence-electron chi connectivity index (χ3n) is 1.80. The van der Waals surface area contributed by atoms with Crippen LogP contribution < -0.4 is 5.73 Å². The van der Waals surface area contributed by atoms with Gasteiger partial charge in [-0.15, -0.1) is 10.2 Å². The van der Waals surface area contributed by atoms with Gasteiger partial charge in [0, 0.05) is 8.95 Å². The number of rotatable bonds is 2. The van der Waals surface area contributed by atoms with E-state index in [9.17, 15) is 0 Å². The molecule has 0 aliphatic carbocycles. The van der Waals surface area contributed by atoms with Gasteiger partial charge in [0.2, 0.25) is 11.8 Å². The minimum Gasteiger partial charge on any atom is -0.419 e. The van der Waals surface area contributed by atoms with Gasteiger partial charge < -0.3 is 10.2 Å². The Hall–Kier alpha value is -0.720. The van der Waals surface area contributed by atoms with Crippen molar-refractivity contribution in [3.8, 4) is 11.5 Å². The lowest BCUT2D eigenvalue weighted by molar-refractivity contribution is 0.508. The van der Waals surface area contributed by atoms with Gasteiger partial charge in [0.15, 0.2) is 0 Å². The molecule has 0 atom stereocenters. The van der Waals surface area contributed by atoms with E-state index in [0.29, 0.717) is 11.8 Å². The Morgan fingerprint density at radius 1 is 1.27 bits per heavy atom. The highest BCUT2D eigenvalue weighted by Gasteiger charge is 2.11. The maximum absolute atomic E-state index is 5.39. The van der Waals surface area contributed by atoms with Crippen LogP contribution in [0, 0.1) is 0 Å². The van der Waals surface area contributed by atoms with E-state index in [4.69, 9.17) is 10.2 Å². The topological polar surface area (TPSA) is 64.9 Å². The molecule has 2 rings (SSSR count). The van der Waals surface area contributed by atoms with Gasteiger partial charge in [0.25, 0.3) is 0 Å². The first kappa shape index (κ1) is 10.8. The lowest BCUT2D eigenvalue weighted by Gasteiger charge is -1.99. The molecular weight excluding hydrogens is 326 g/mol. The fourth-order valence-corrected chi connectivity index (χ4v) is 1.88. The highest BCUT2D eigenvalue weighted by atomic mass is 79.9. The quantitative estimate of drug-likeness (QED) is 0.918. The monoisotopic (exact) mass is 331 g/mol. The summed E-state index contributed by atoms with van der Waals surface area (Å²) in [7, 11) is 0. The normalized spacial score (nSPS) is 10.6. The molecule has 0 aliphatic rings. The fourth-order valence-electron chi connectivity index (χ4n) is 1.11. The number of nitrogens with two attached hydrogens (primary N) is 1. The largest absolute Gasteiger partial charge is 0.419 e. The molecule has 0 saturated carbocycles. The minimum absolute atomic E-state index is 0.249. The second-order valence-corrected chi connectivity index (χ2v) is 4.60. The summed E-state index contributed by atoms with van der Waals surface area (Å²) in [5.41, 5.74) is 6.24. The average molecular weight is 333 g/mol.